The van der Waals surface area contributed by atoms with Crippen LogP contribution in [0.2, 0.25) is 0 Å². The zero-order valence-electron chi connectivity index (χ0n) is 14.1. The molecule has 6 heteroatoms. The molecule has 1 aliphatic heterocycles. The molecule has 1 saturated carbocycles. The Morgan fingerprint density at radius 3 is 3.09 bits per heavy atom. The lowest BCUT2D eigenvalue weighted by molar-refractivity contribution is -0.122. The molecule has 0 bridgehead atoms. The van der Waals surface area contributed by atoms with E-state index in [9.17, 15) is 4.79 Å². The fraction of sp³-hybridized carbons (Fsp3) is 0.765. The van der Waals surface area contributed by atoms with Gasteiger partial charge in [0.15, 0.2) is 0 Å². The SMILES string of the molecule is CC(CC1CCCCCN1)Nc1cnn(CC(=O)NC2CC2)c1. The Morgan fingerprint density at radius 1 is 1.39 bits per heavy atom. The second-order valence-corrected chi connectivity index (χ2v) is 7.05. The number of anilines is 1. The molecule has 128 valence electrons. The summed E-state index contributed by atoms with van der Waals surface area (Å²) in [5.74, 6) is 0.0536. The Labute approximate surface area is 138 Å². The lowest BCUT2D eigenvalue weighted by Gasteiger charge is -2.21. The van der Waals surface area contributed by atoms with Gasteiger partial charge in [-0.3, -0.25) is 9.48 Å². The number of nitrogens with one attached hydrogen (secondary N) is 3. The van der Waals surface area contributed by atoms with E-state index in [4.69, 9.17) is 0 Å². The number of aromatic nitrogens is 2. The van der Waals surface area contributed by atoms with Gasteiger partial charge in [0.1, 0.15) is 6.54 Å². The highest BCUT2D eigenvalue weighted by Crippen LogP contribution is 2.18. The molecule has 0 aromatic carbocycles. The largest absolute Gasteiger partial charge is 0.380 e. The maximum absolute atomic E-state index is 11.8. The maximum Gasteiger partial charge on any atom is 0.241 e. The normalized spacial score (nSPS) is 23.1. The molecule has 2 heterocycles. The molecule has 1 amide bonds. The van der Waals surface area contributed by atoms with E-state index in [1.165, 1.54) is 25.7 Å². The van der Waals surface area contributed by atoms with Gasteiger partial charge in [-0.1, -0.05) is 12.8 Å². The Balaban J connectivity index is 1.42. The zero-order valence-corrected chi connectivity index (χ0v) is 14.1. The molecule has 1 aromatic rings. The number of carbonyl (C=O) groups is 1. The van der Waals surface area contributed by atoms with E-state index in [0.717, 1.165) is 31.5 Å². The van der Waals surface area contributed by atoms with Crippen molar-refractivity contribution in [2.24, 2.45) is 0 Å². The molecule has 23 heavy (non-hydrogen) atoms. The highest BCUT2D eigenvalue weighted by molar-refractivity contribution is 5.76. The Bertz CT molecular complexity index is 503. The van der Waals surface area contributed by atoms with E-state index in [2.05, 4.69) is 28.0 Å². The van der Waals surface area contributed by atoms with Crippen molar-refractivity contribution >= 4 is 11.6 Å². The molecule has 3 N–H and O–H groups in total. The van der Waals surface area contributed by atoms with Crippen LogP contribution >= 0.6 is 0 Å². The molecule has 2 atom stereocenters. The Hall–Kier alpha value is -1.56. The first-order valence-corrected chi connectivity index (χ1v) is 9.01. The average Bonchev–Trinajstić information content (AvgIpc) is 3.25. The fourth-order valence-electron chi connectivity index (χ4n) is 3.24. The molecule has 0 radical (unpaired) electrons. The number of carbonyl (C=O) groups excluding carboxylic acids is 1. The van der Waals surface area contributed by atoms with Crippen LogP contribution in [0.1, 0.15) is 51.9 Å². The third-order valence-electron chi connectivity index (χ3n) is 4.59. The van der Waals surface area contributed by atoms with E-state index in [0.29, 0.717) is 24.7 Å². The molecule has 3 rings (SSSR count). The first-order chi connectivity index (χ1) is 11.2. The van der Waals surface area contributed by atoms with E-state index < -0.39 is 0 Å². The highest BCUT2D eigenvalue weighted by atomic mass is 16.2. The zero-order chi connectivity index (χ0) is 16.1. The summed E-state index contributed by atoms with van der Waals surface area (Å²) in [6, 6.07) is 1.41. The van der Waals surface area contributed by atoms with Crippen LogP contribution < -0.4 is 16.0 Å². The first-order valence-electron chi connectivity index (χ1n) is 9.01. The van der Waals surface area contributed by atoms with Crippen molar-refractivity contribution in [3.8, 4) is 0 Å². The Morgan fingerprint density at radius 2 is 2.26 bits per heavy atom. The first kappa shape index (κ1) is 16.3. The van der Waals surface area contributed by atoms with Crippen LogP contribution in [-0.2, 0) is 11.3 Å². The van der Waals surface area contributed by atoms with Crippen LogP contribution in [0, 0.1) is 0 Å². The van der Waals surface area contributed by atoms with E-state index in [-0.39, 0.29) is 5.91 Å². The molecule has 1 aliphatic carbocycles. The van der Waals surface area contributed by atoms with Gasteiger partial charge in [-0.2, -0.15) is 5.10 Å². The predicted octanol–water partition coefficient (Wildman–Crippen LogP) is 1.88. The van der Waals surface area contributed by atoms with Crippen molar-refractivity contribution in [1.82, 2.24) is 20.4 Å². The van der Waals surface area contributed by atoms with Crippen LogP contribution in [0.3, 0.4) is 0 Å². The lowest BCUT2D eigenvalue weighted by Crippen LogP contribution is -2.33. The van der Waals surface area contributed by atoms with Crippen LogP contribution in [0.15, 0.2) is 12.4 Å². The van der Waals surface area contributed by atoms with Crippen LogP contribution in [-0.4, -0.2) is 40.4 Å². The molecular weight excluding hydrogens is 290 g/mol. The summed E-state index contributed by atoms with van der Waals surface area (Å²) < 4.78 is 1.71. The van der Waals surface area contributed by atoms with Crippen LogP contribution in [0.5, 0.6) is 0 Å². The third-order valence-corrected chi connectivity index (χ3v) is 4.59. The van der Waals surface area contributed by atoms with Gasteiger partial charge in [0.2, 0.25) is 5.91 Å². The van der Waals surface area contributed by atoms with Gasteiger partial charge in [-0.15, -0.1) is 0 Å². The second kappa shape index (κ2) is 7.81. The molecule has 1 aromatic heterocycles. The lowest BCUT2D eigenvalue weighted by atomic mass is 10.0. The number of rotatable bonds is 7. The summed E-state index contributed by atoms with van der Waals surface area (Å²) in [4.78, 5) is 11.8. The molecule has 2 fully saturated rings. The van der Waals surface area contributed by atoms with Crippen molar-refractivity contribution < 1.29 is 4.79 Å². The van der Waals surface area contributed by atoms with Gasteiger partial charge in [-0.25, -0.2) is 0 Å². The fourth-order valence-corrected chi connectivity index (χ4v) is 3.24. The molecule has 0 spiro atoms. The van der Waals surface area contributed by atoms with Crippen LogP contribution in [0.4, 0.5) is 5.69 Å². The number of hydrogen-bond acceptors (Lipinski definition) is 4. The summed E-state index contributed by atoms with van der Waals surface area (Å²) in [5.41, 5.74) is 0.991. The number of amides is 1. The van der Waals surface area contributed by atoms with E-state index >= 15 is 0 Å². The van der Waals surface area contributed by atoms with Gasteiger partial charge < -0.3 is 16.0 Å². The third kappa shape index (κ3) is 5.53. The standard InChI is InChI=1S/C17H29N5O/c1-13(9-15-5-3-2-4-8-18-15)20-16-10-19-22(11-16)12-17(23)21-14-6-7-14/h10-11,13-15,18,20H,2-9,12H2,1H3,(H,21,23). The van der Waals surface area contributed by atoms with Crippen molar-refractivity contribution in [2.75, 3.05) is 11.9 Å². The van der Waals surface area contributed by atoms with Crippen molar-refractivity contribution in [3.63, 3.8) is 0 Å². The van der Waals surface area contributed by atoms with Crippen molar-refractivity contribution in [3.05, 3.63) is 12.4 Å². The topological polar surface area (TPSA) is 71.0 Å². The minimum Gasteiger partial charge on any atom is -0.380 e. The molecular formula is C17H29N5O. The molecule has 2 unspecified atom stereocenters. The van der Waals surface area contributed by atoms with Crippen molar-refractivity contribution in [1.29, 1.82) is 0 Å². The number of nitrogens with zero attached hydrogens (tertiary/aromatic N) is 2. The van der Waals surface area contributed by atoms with Crippen LogP contribution in [0.25, 0.3) is 0 Å². The molecule has 2 aliphatic rings. The number of hydrogen-bond donors (Lipinski definition) is 3. The predicted molar refractivity (Wildman–Crippen MR) is 91.4 cm³/mol. The quantitative estimate of drug-likeness (QED) is 0.718. The van der Waals surface area contributed by atoms with Gasteiger partial charge >= 0.3 is 0 Å². The van der Waals surface area contributed by atoms with Crippen molar-refractivity contribution in [2.45, 2.75) is 76.5 Å². The van der Waals surface area contributed by atoms with Gasteiger partial charge in [0.05, 0.1) is 11.9 Å². The van der Waals surface area contributed by atoms with E-state index in [1.54, 1.807) is 10.9 Å². The summed E-state index contributed by atoms with van der Waals surface area (Å²) in [7, 11) is 0. The minimum atomic E-state index is 0.0536. The van der Waals surface area contributed by atoms with Gasteiger partial charge in [0, 0.05) is 24.3 Å². The smallest absolute Gasteiger partial charge is 0.241 e. The Kier molecular flexibility index (Phi) is 5.54. The summed E-state index contributed by atoms with van der Waals surface area (Å²) in [5, 5.41) is 14.4. The minimum absolute atomic E-state index is 0.0536. The highest BCUT2D eigenvalue weighted by Gasteiger charge is 2.23. The summed E-state index contributed by atoms with van der Waals surface area (Å²) in [6.45, 7) is 3.66. The molecule has 6 nitrogen and oxygen atoms in total. The monoisotopic (exact) mass is 319 g/mol. The van der Waals surface area contributed by atoms with Gasteiger partial charge in [0.25, 0.3) is 0 Å². The summed E-state index contributed by atoms with van der Waals surface area (Å²) >= 11 is 0. The summed E-state index contributed by atoms with van der Waals surface area (Å²) in [6.07, 6.45) is 12.3. The molecule has 1 saturated heterocycles. The maximum atomic E-state index is 11.8. The second-order valence-electron chi connectivity index (χ2n) is 7.05. The van der Waals surface area contributed by atoms with Gasteiger partial charge in [-0.05, 0) is 45.6 Å². The van der Waals surface area contributed by atoms with E-state index in [1.807, 2.05) is 6.20 Å². The average molecular weight is 319 g/mol.